The molecule has 0 spiro atoms. The Hall–Kier alpha value is -2.42. The van der Waals surface area contributed by atoms with Crippen LogP contribution in [-0.2, 0) is 9.59 Å². The Kier molecular flexibility index (Phi) is 8.81. The summed E-state index contributed by atoms with van der Waals surface area (Å²) in [6.45, 7) is 0.0498. The molecule has 174 valence electrons. The van der Waals surface area contributed by atoms with E-state index in [1.165, 1.54) is 7.11 Å². The van der Waals surface area contributed by atoms with Crippen LogP contribution in [0.5, 0.6) is 5.75 Å². The molecular weight excluding hydrogens is 506 g/mol. The number of rotatable bonds is 7. The minimum Gasteiger partial charge on any atom is -0.496 e. The molecule has 1 aliphatic rings. The van der Waals surface area contributed by atoms with Gasteiger partial charge in [-0.2, -0.15) is 26.3 Å². The molecule has 1 amide bonds. The van der Waals surface area contributed by atoms with Gasteiger partial charge < -0.3 is 20.9 Å². The van der Waals surface area contributed by atoms with Gasteiger partial charge in [0.25, 0.3) is 5.66 Å². The number of carboxylic acids is 1. The third kappa shape index (κ3) is 7.65. The quantitative estimate of drug-likeness (QED) is 0.371. The minimum absolute atomic E-state index is 0.0498. The molecule has 8 nitrogen and oxygen atoms in total. The number of methoxy groups -OCH3 is 1. The van der Waals surface area contributed by atoms with E-state index in [0.717, 1.165) is 4.47 Å². The average molecular weight is 523 g/mol. The Morgan fingerprint density at radius 1 is 1.26 bits per heavy atom. The SMILES string of the molecule is COc1cc(Br)ccc1C(N)C(=O)NCCCC1(C(F)(F)F)N=N1.O=C(O)C(F)(F)F. The number of benzene rings is 1. The van der Waals surface area contributed by atoms with Crippen LogP contribution in [0.25, 0.3) is 0 Å². The highest BCUT2D eigenvalue weighted by atomic mass is 79.9. The highest BCUT2D eigenvalue weighted by Crippen LogP contribution is 2.47. The zero-order chi connectivity index (χ0) is 24.0. The van der Waals surface area contributed by atoms with Gasteiger partial charge in [0.15, 0.2) is 0 Å². The monoisotopic (exact) mass is 522 g/mol. The molecule has 1 aliphatic heterocycles. The molecule has 1 aromatic carbocycles. The first-order valence-electron chi connectivity index (χ1n) is 8.32. The fourth-order valence-corrected chi connectivity index (χ4v) is 2.50. The lowest BCUT2D eigenvalue weighted by atomic mass is 10.1. The number of nitrogens with zero attached hydrogens (tertiary/aromatic N) is 2. The third-order valence-corrected chi connectivity index (χ3v) is 4.35. The fourth-order valence-electron chi connectivity index (χ4n) is 2.16. The molecule has 1 aromatic rings. The summed E-state index contributed by atoms with van der Waals surface area (Å²) in [5.74, 6) is -2.81. The number of nitrogens with one attached hydrogen (secondary N) is 1. The molecule has 0 aromatic heterocycles. The van der Waals surface area contributed by atoms with Gasteiger partial charge in [0, 0.05) is 23.0 Å². The number of alkyl halides is 6. The summed E-state index contributed by atoms with van der Waals surface area (Å²) in [6.07, 6.45) is -9.78. The second kappa shape index (κ2) is 10.3. The number of hydrogen-bond donors (Lipinski definition) is 3. The van der Waals surface area contributed by atoms with E-state index in [1.807, 2.05) is 0 Å². The van der Waals surface area contributed by atoms with Crippen molar-refractivity contribution >= 4 is 27.8 Å². The molecule has 31 heavy (non-hydrogen) atoms. The molecule has 0 saturated heterocycles. The zero-order valence-electron chi connectivity index (χ0n) is 15.7. The summed E-state index contributed by atoms with van der Waals surface area (Å²) in [4.78, 5) is 21.0. The van der Waals surface area contributed by atoms with Gasteiger partial charge in [0.05, 0.1) is 7.11 Å². The van der Waals surface area contributed by atoms with Crippen LogP contribution < -0.4 is 15.8 Å². The maximum absolute atomic E-state index is 12.6. The normalized spacial score (nSPS) is 15.4. The second-order valence-electron chi connectivity index (χ2n) is 6.08. The van der Waals surface area contributed by atoms with E-state index < -0.39 is 35.9 Å². The molecule has 0 aliphatic carbocycles. The Bertz CT molecular complexity index is 825. The third-order valence-electron chi connectivity index (χ3n) is 3.85. The van der Waals surface area contributed by atoms with Gasteiger partial charge in [-0.1, -0.05) is 22.0 Å². The first-order valence-corrected chi connectivity index (χ1v) is 9.11. The first-order chi connectivity index (χ1) is 14.1. The molecule has 2 rings (SSSR count). The van der Waals surface area contributed by atoms with Crippen LogP contribution in [0.2, 0.25) is 0 Å². The predicted octanol–water partition coefficient (Wildman–Crippen LogP) is 3.71. The van der Waals surface area contributed by atoms with Gasteiger partial charge >= 0.3 is 18.3 Å². The summed E-state index contributed by atoms with van der Waals surface area (Å²) >= 11 is 3.28. The van der Waals surface area contributed by atoms with E-state index in [4.69, 9.17) is 20.4 Å². The molecule has 1 atom stereocenters. The van der Waals surface area contributed by atoms with Crippen LogP contribution >= 0.6 is 15.9 Å². The maximum atomic E-state index is 12.6. The van der Waals surface area contributed by atoms with Crippen molar-refractivity contribution in [2.24, 2.45) is 16.0 Å². The number of amides is 1. The second-order valence-corrected chi connectivity index (χ2v) is 6.99. The topological polar surface area (TPSA) is 126 Å². The van der Waals surface area contributed by atoms with Gasteiger partial charge in [-0.25, -0.2) is 4.79 Å². The number of ether oxygens (including phenoxy) is 1. The van der Waals surface area contributed by atoms with Crippen LogP contribution in [0.3, 0.4) is 0 Å². The molecule has 1 heterocycles. The van der Waals surface area contributed by atoms with Gasteiger partial charge in [-0.05, 0) is 18.6 Å². The average Bonchev–Trinajstić information content (AvgIpc) is 3.45. The molecule has 4 N–H and O–H groups in total. The number of carboxylic acid groups (broad SMARTS) is 1. The number of halogens is 7. The van der Waals surface area contributed by atoms with Crippen molar-refractivity contribution in [3.05, 3.63) is 28.2 Å². The molecule has 0 fully saturated rings. The van der Waals surface area contributed by atoms with Crippen molar-refractivity contribution in [2.45, 2.75) is 36.9 Å². The number of carbonyl (C=O) groups excluding carboxylic acids is 1. The molecule has 15 heteroatoms. The van der Waals surface area contributed by atoms with Crippen molar-refractivity contribution in [3.63, 3.8) is 0 Å². The van der Waals surface area contributed by atoms with Gasteiger partial charge in [0.1, 0.15) is 11.8 Å². The summed E-state index contributed by atoms with van der Waals surface area (Å²) in [5.41, 5.74) is 4.09. The fraction of sp³-hybridized carbons (Fsp3) is 0.500. The highest BCUT2D eigenvalue weighted by molar-refractivity contribution is 9.10. The molecule has 0 bridgehead atoms. The van der Waals surface area contributed by atoms with E-state index in [-0.39, 0.29) is 19.4 Å². The lowest BCUT2D eigenvalue weighted by Gasteiger charge is -2.17. The molecular formula is C16H17BrF6N4O4. The lowest BCUT2D eigenvalue weighted by Crippen LogP contribution is -2.37. The summed E-state index contributed by atoms with van der Waals surface area (Å²) in [6, 6.07) is 4.05. The number of nitrogens with two attached hydrogens (primary N) is 1. The van der Waals surface area contributed by atoms with Crippen molar-refractivity contribution < 1.29 is 45.8 Å². The highest BCUT2D eigenvalue weighted by Gasteiger charge is 2.63. The number of hydrogen-bond acceptors (Lipinski definition) is 6. The van der Waals surface area contributed by atoms with E-state index in [9.17, 15) is 31.1 Å². The Morgan fingerprint density at radius 2 is 1.81 bits per heavy atom. The number of carbonyl (C=O) groups is 2. The van der Waals surface area contributed by atoms with Crippen LogP contribution in [0, 0.1) is 0 Å². The van der Waals surface area contributed by atoms with E-state index in [2.05, 4.69) is 31.5 Å². The summed E-state index contributed by atoms with van der Waals surface area (Å²) in [7, 11) is 1.45. The van der Waals surface area contributed by atoms with Gasteiger partial charge in [-0.15, -0.1) is 10.2 Å². The Labute approximate surface area is 180 Å². The first kappa shape index (κ1) is 26.6. The van der Waals surface area contributed by atoms with Crippen molar-refractivity contribution in [1.29, 1.82) is 0 Å². The zero-order valence-corrected chi connectivity index (χ0v) is 17.3. The summed E-state index contributed by atoms with van der Waals surface area (Å²) < 4.78 is 75.6. The van der Waals surface area contributed by atoms with Crippen LogP contribution in [0.15, 0.2) is 32.9 Å². The van der Waals surface area contributed by atoms with Crippen LogP contribution in [-0.4, -0.2) is 48.7 Å². The van der Waals surface area contributed by atoms with Crippen molar-refractivity contribution in [2.75, 3.05) is 13.7 Å². The number of aliphatic carboxylic acids is 1. The smallest absolute Gasteiger partial charge is 0.490 e. The molecule has 0 saturated carbocycles. The van der Waals surface area contributed by atoms with Crippen molar-refractivity contribution in [1.82, 2.24) is 5.32 Å². The minimum atomic E-state index is -5.08. The predicted molar refractivity (Wildman–Crippen MR) is 97.2 cm³/mol. The molecule has 0 radical (unpaired) electrons. The summed E-state index contributed by atoms with van der Waals surface area (Å²) in [5, 5.41) is 15.8. The Morgan fingerprint density at radius 3 is 2.23 bits per heavy atom. The standard InChI is InChI=1S/C14H16BrF3N4O2.C2HF3O2/c1-24-10-7-8(15)3-4-9(10)11(19)12(23)20-6-2-5-13(21-22-13)14(16,17)18;3-2(4,5)1(6)7/h3-4,7,11H,2,5-6,19H2,1H3,(H,20,23);(H,6,7). The lowest BCUT2D eigenvalue weighted by molar-refractivity contribution is -0.192. The van der Waals surface area contributed by atoms with Crippen molar-refractivity contribution in [3.8, 4) is 5.75 Å². The van der Waals surface area contributed by atoms with Crippen LogP contribution in [0.4, 0.5) is 26.3 Å². The van der Waals surface area contributed by atoms with Gasteiger partial charge in [-0.3, -0.25) is 4.79 Å². The Balaban J connectivity index is 0.000000592. The van der Waals surface area contributed by atoms with E-state index in [1.54, 1.807) is 18.2 Å². The molecule has 1 unspecified atom stereocenters. The van der Waals surface area contributed by atoms with Crippen LogP contribution in [0.1, 0.15) is 24.4 Å². The van der Waals surface area contributed by atoms with Gasteiger partial charge in [0.2, 0.25) is 5.91 Å². The largest absolute Gasteiger partial charge is 0.496 e. The van der Waals surface area contributed by atoms with E-state index in [0.29, 0.717) is 11.3 Å². The van der Waals surface area contributed by atoms with E-state index >= 15 is 0 Å². The maximum Gasteiger partial charge on any atom is 0.490 e.